The zero-order valence-electron chi connectivity index (χ0n) is 20.2. The minimum absolute atomic E-state index is 0.0807. The zero-order valence-corrected chi connectivity index (χ0v) is 20.2. The molecular formula is C21H24F16O2. The van der Waals surface area contributed by atoms with Crippen LogP contribution in [0.25, 0.3) is 0 Å². The summed E-state index contributed by atoms with van der Waals surface area (Å²) >= 11 is 0. The molecule has 232 valence electrons. The smallest absolute Gasteiger partial charge is 0.385 e. The van der Waals surface area contributed by atoms with Crippen molar-refractivity contribution in [3.63, 3.8) is 0 Å². The highest BCUT2D eigenvalue weighted by atomic mass is 19.4. The van der Waals surface area contributed by atoms with E-state index in [2.05, 4.69) is 11.3 Å². The van der Waals surface area contributed by atoms with E-state index in [0.717, 1.165) is 0 Å². The third kappa shape index (κ3) is 6.54. The number of carbonyl (C=O) groups is 1. The number of hydrogen-bond acceptors (Lipinski definition) is 2. The second-order valence-corrected chi connectivity index (χ2v) is 8.73. The Labute approximate surface area is 211 Å². The van der Waals surface area contributed by atoms with Gasteiger partial charge in [-0.3, -0.25) is 0 Å². The lowest BCUT2D eigenvalue weighted by Gasteiger charge is -2.43. The summed E-state index contributed by atoms with van der Waals surface area (Å²) in [5.74, 6) is -63.8. The van der Waals surface area contributed by atoms with Crippen LogP contribution in [0, 0.1) is 0 Å². The first-order chi connectivity index (χ1) is 17.1. The number of unbranched alkanes of at least 4 members (excludes halogenated alkanes) is 5. The summed E-state index contributed by atoms with van der Waals surface area (Å²) in [5, 5.41) is 0. The van der Waals surface area contributed by atoms with Crippen LogP contribution < -0.4 is 0 Å². The zero-order chi connectivity index (χ0) is 31.5. The van der Waals surface area contributed by atoms with Gasteiger partial charge in [-0.05, 0) is 13.3 Å². The molecule has 0 rings (SSSR count). The van der Waals surface area contributed by atoms with Crippen molar-refractivity contribution in [2.75, 3.05) is 6.61 Å². The first-order valence-corrected chi connectivity index (χ1v) is 11.0. The molecule has 0 aromatic heterocycles. The predicted octanol–water partition coefficient (Wildman–Crippen LogP) is 8.94. The second kappa shape index (κ2) is 11.9. The number of esters is 1. The highest BCUT2D eigenvalue weighted by Crippen LogP contribution is 2.64. The van der Waals surface area contributed by atoms with Gasteiger partial charge in [-0.2, -0.15) is 70.2 Å². The normalized spacial score (nSPS) is 14.9. The largest absolute Gasteiger partial charge is 0.456 e. The number of rotatable bonds is 17. The molecule has 0 amide bonds. The van der Waals surface area contributed by atoms with Gasteiger partial charge in [-0.1, -0.05) is 45.6 Å². The summed E-state index contributed by atoms with van der Waals surface area (Å²) in [6, 6.07) is 0. The number of halogens is 16. The van der Waals surface area contributed by atoms with Crippen molar-refractivity contribution in [2.24, 2.45) is 0 Å². The fourth-order valence-electron chi connectivity index (χ4n) is 2.90. The lowest BCUT2D eigenvalue weighted by Crippen LogP contribution is -2.75. The standard InChI is InChI=1S/C21H24F16O2/c1-4-5-6-7-8-9-10-14(22,23)16(26,27)18(30,31)20(34,35)21(36,37)19(32,33)17(28,29)15(24,25)11-39-13(38)12(2)3/h2,4-11H2,1,3H3. The van der Waals surface area contributed by atoms with E-state index >= 15 is 0 Å². The quantitative estimate of drug-likeness (QED) is 0.0710. The van der Waals surface area contributed by atoms with Crippen molar-refractivity contribution in [1.82, 2.24) is 0 Å². The monoisotopic (exact) mass is 612 g/mol. The lowest BCUT2D eigenvalue weighted by atomic mass is 9.86. The van der Waals surface area contributed by atoms with E-state index in [0.29, 0.717) is 26.2 Å². The molecule has 0 aromatic rings. The number of hydrogen-bond donors (Lipinski definition) is 0. The van der Waals surface area contributed by atoms with E-state index < -0.39 is 78.4 Å². The molecule has 0 saturated carbocycles. The maximum atomic E-state index is 13.9. The number of alkyl halides is 16. The van der Waals surface area contributed by atoms with Crippen LogP contribution in [-0.2, 0) is 9.53 Å². The maximum absolute atomic E-state index is 13.9. The van der Waals surface area contributed by atoms with Crippen LogP contribution in [0.15, 0.2) is 12.2 Å². The van der Waals surface area contributed by atoms with Crippen LogP contribution in [0.5, 0.6) is 0 Å². The molecule has 0 atom stereocenters. The Hall–Kier alpha value is -1.91. The van der Waals surface area contributed by atoms with Gasteiger partial charge in [0.05, 0.1) is 0 Å². The fourth-order valence-corrected chi connectivity index (χ4v) is 2.90. The van der Waals surface area contributed by atoms with Crippen molar-refractivity contribution in [3.05, 3.63) is 12.2 Å². The first kappa shape index (κ1) is 37.1. The summed E-state index contributed by atoms with van der Waals surface area (Å²) in [6.45, 7) is 1.95. The summed E-state index contributed by atoms with van der Waals surface area (Å²) < 4.78 is 225. The van der Waals surface area contributed by atoms with Crippen LogP contribution in [0.1, 0.15) is 58.8 Å². The lowest BCUT2D eigenvalue weighted by molar-refractivity contribution is -0.454. The predicted molar refractivity (Wildman–Crippen MR) is 103 cm³/mol. The molecule has 0 bridgehead atoms. The van der Waals surface area contributed by atoms with E-state index in [1.807, 2.05) is 0 Å². The summed E-state index contributed by atoms with van der Waals surface area (Å²) in [4.78, 5) is 11.0. The van der Waals surface area contributed by atoms with Gasteiger partial charge in [0, 0.05) is 12.0 Å². The Bertz CT molecular complexity index is 851. The highest BCUT2D eigenvalue weighted by Gasteiger charge is 2.94. The van der Waals surface area contributed by atoms with Crippen LogP contribution >= 0.6 is 0 Å². The van der Waals surface area contributed by atoms with Gasteiger partial charge in [0.25, 0.3) is 0 Å². The van der Waals surface area contributed by atoms with Crippen molar-refractivity contribution < 1.29 is 79.8 Å². The van der Waals surface area contributed by atoms with E-state index in [1.165, 1.54) is 0 Å². The Balaban J connectivity index is 6.28. The van der Waals surface area contributed by atoms with E-state index in [4.69, 9.17) is 0 Å². The molecule has 0 radical (unpaired) electrons. The topological polar surface area (TPSA) is 26.3 Å². The highest BCUT2D eigenvalue weighted by molar-refractivity contribution is 5.86. The molecule has 0 fully saturated rings. The molecule has 39 heavy (non-hydrogen) atoms. The molecule has 0 unspecified atom stereocenters. The first-order valence-electron chi connectivity index (χ1n) is 11.0. The number of carbonyl (C=O) groups excluding carboxylic acids is 1. The Morgan fingerprint density at radius 2 is 0.897 bits per heavy atom. The van der Waals surface area contributed by atoms with Crippen molar-refractivity contribution in [2.45, 2.75) is 106 Å². The van der Waals surface area contributed by atoms with Crippen LogP contribution in [-0.4, -0.2) is 60.0 Å². The average molecular weight is 612 g/mol. The molecule has 0 aromatic carbocycles. The summed E-state index contributed by atoms with van der Waals surface area (Å²) in [7, 11) is 0. The maximum Gasteiger partial charge on any atom is 0.385 e. The molecule has 2 nitrogen and oxygen atoms in total. The molecule has 0 aliphatic rings. The second-order valence-electron chi connectivity index (χ2n) is 8.73. The minimum atomic E-state index is -8.51. The van der Waals surface area contributed by atoms with Gasteiger partial charge < -0.3 is 4.74 Å². The Kier molecular flexibility index (Phi) is 11.3. The van der Waals surface area contributed by atoms with Crippen LogP contribution in [0.3, 0.4) is 0 Å². The van der Waals surface area contributed by atoms with Crippen molar-refractivity contribution in [3.8, 4) is 0 Å². The van der Waals surface area contributed by atoms with Gasteiger partial charge in [0.2, 0.25) is 0 Å². The fraction of sp³-hybridized carbons (Fsp3) is 0.857. The number of ether oxygens (including phenoxy) is 1. The molecule has 0 heterocycles. The van der Waals surface area contributed by atoms with Gasteiger partial charge >= 0.3 is 53.3 Å². The molecule has 18 heteroatoms. The third-order valence-electron chi connectivity index (χ3n) is 5.47. The summed E-state index contributed by atoms with van der Waals surface area (Å²) in [6.07, 6.45) is -2.12. The third-order valence-corrected chi connectivity index (χ3v) is 5.47. The van der Waals surface area contributed by atoms with Crippen molar-refractivity contribution in [1.29, 1.82) is 0 Å². The van der Waals surface area contributed by atoms with Crippen LogP contribution in [0.2, 0.25) is 0 Å². The van der Waals surface area contributed by atoms with Gasteiger partial charge in [0.1, 0.15) is 0 Å². The van der Waals surface area contributed by atoms with Crippen molar-refractivity contribution >= 4 is 5.97 Å². The van der Waals surface area contributed by atoms with Gasteiger partial charge in [-0.15, -0.1) is 0 Å². The van der Waals surface area contributed by atoms with Gasteiger partial charge in [-0.25, -0.2) is 4.79 Å². The van der Waals surface area contributed by atoms with Gasteiger partial charge in [0.15, 0.2) is 6.61 Å². The minimum Gasteiger partial charge on any atom is -0.456 e. The van der Waals surface area contributed by atoms with Crippen LogP contribution in [0.4, 0.5) is 70.2 Å². The Morgan fingerprint density at radius 3 is 1.28 bits per heavy atom. The Morgan fingerprint density at radius 1 is 0.564 bits per heavy atom. The molecule has 0 aliphatic carbocycles. The van der Waals surface area contributed by atoms with E-state index in [9.17, 15) is 75.0 Å². The van der Waals surface area contributed by atoms with E-state index in [-0.39, 0.29) is 12.8 Å². The molecule has 0 N–H and O–H groups in total. The summed E-state index contributed by atoms with van der Waals surface area (Å²) in [5.41, 5.74) is -0.832. The average Bonchev–Trinajstić information content (AvgIpc) is 2.78. The molecule has 0 saturated heterocycles. The molecular weight excluding hydrogens is 588 g/mol. The molecule has 0 spiro atoms. The van der Waals surface area contributed by atoms with E-state index in [1.54, 1.807) is 6.92 Å². The molecule has 0 aliphatic heterocycles. The SMILES string of the molecule is C=C(C)C(=O)OCC(F)(F)C(F)(F)C(F)(F)C(F)(F)C(F)(F)C(F)(F)C(F)(F)C(F)(F)CCCCCCCC.